The lowest BCUT2D eigenvalue weighted by Crippen LogP contribution is -2.74. The number of thioether (sulfide) groups is 1. The number of benzene rings is 1. The maximum absolute atomic E-state index is 12.5. The maximum atomic E-state index is 12.5. The van der Waals surface area contributed by atoms with Gasteiger partial charge >= 0.3 is 5.17 Å². The fraction of sp³-hybridized carbons (Fsp3) is 0.400. The summed E-state index contributed by atoms with van der Waals surface area (Å²) in [7, 11) is 0. The third-order valence-electron chi connectivity index (χ3n) is 3.12. The molecule has 118 valence electrons. The van der Waals surface area contributed by atoms with E-state index in [9.17, 15) is 9.59 Å². The van der Waals surface area contributed by atoms with Crippen molar-refractivity contribution < 1.29 is 14.6 Å². The first-order chi connectivity index (χ1) is 10.6. The molecule has 7 heteroatoms. The fourth-order valence-corrected chi connectivity index (χ4v) is 3.46. The Bertz CT molecular complexity index is 589. The number of hydrogen-bond donors (Lipinski definition) is 2. The third kappa shape index (κ3) is 3.81. The van der Waals surface area contributed by atoms with Crippen molar-refractivity contribution in [2.75, 3.05) is 18.0 Å². The highest BCUT2D eigenvalue weighted by atomic mass is 35.5. The van der Waals surface area contributed by atoms with Crippen molar-refractivity contribution >= 4 is 46.0 Å². The first-order valence-electron chi connectivity index (χ1n) is 7.20. The molecule has 2 rings (SSSR count). The molecule has 1 aromatic carbocycles. The molecule has 2 N–H and O–H groups in total. The number of rotatable bonds is 4. The van der Waals surface area contributed by atoms with Crippen molar-refractivity contribution in [3.8, 4) is 0 Å². The zero-order valence-corrected chi connectivity index (χ0v) is 14.1. The molecule has 1 aromatic rings. The first-order valence-corrected chi connectivity index (χ1v) is 8.46. The van der Waals surface area contributed by atoms with E-state index >= 15 is 0 Å². The van der Waals surface area contributed by atoms with Crippen molar-refractivity contribution in [2.24, 2.45) is 0 Å². The Morgan fingerprint density at radius 3 is 2.64 bits per heavy atom. The zero-order chi connectivity index (χ0) is 16.1. The van der Waals surface area contributed by atoms with Crippen molar-refractivity contribution in [1.29, 1.82) is 0 Å². The van der Waals surface area contributed by atoms with Crippen LogP contribution >= 0.6 is 23.4 Å². The molecule has 0 unspecified atom stereocenters. The van der Waals surface area contributed by atoms with Crippen LogP contribution in [0.1, 0.15) is 20.3 Å². The summed E-state index contributed by atoms with van der Waals surface area (Å²) in [5, 5.41) is 4.17. The lowest BCUT2D eigenvalue weighted by atomic mass is 10.3. The van der Waals surface area contributed by atoms with E-state index < -0.39 is 5.25 Å². The summed E-state index contributed by atoms with van der Waals surface area (Å²) in [6, 6.07) is 6.72. The highest BCUT2D eigenvalue weighted by molar-refractivity contribution is 8.14. The minimum absolute atomic E-state index is 0.183. The SMILES string of the molecule is CCNC(=[NH+]CC)S[C@@H]1CC(=O)N(c2ccc(Cl)cc2)C1=O. The monoisotopic (exact) mass is 340 g/mol. The van der Waals surface area contributed by atoms with Gasteiger partial charge in [-0.1, -0.05) is 11.6 Å². The van der Waals surface area contributed by atoms with Gasteiger partial charge in [0, 0.05) is 11.4 Å². The van der Waals surface area contributed by atoms with Gasteiger partial charge in [-0.25, -0.2) is 4.90 Å². The highest BCUT2D eigenvalue weighted by Crippen LogP contribution is 2.29. The topological polar surface area (TPSA) is 63.4 Å². The smallest absolute Gasteiger partial charge is 0.274 e. The number of halogens is 1. The molecule has 1 heterocycles. The summed E-state index contributed by atoms with van der Waals surface area (Å²) in [5.74, 6) is -0.372. The summed E-state index contributed by atoms with van der Waals surface area (Å²) in [6.45, 7) is 5.48. The number of nitrogens with zero attached hydrogens (tertiary/aromatic N) is 1. The van der Waals surface area contributed by atoms with Crippen LogP contribution in [-0.2, 0) is 9.59 Å². The molecular formula is C15H19ClN3O2S+. The maximum Gasteiger partial charge on any atom is 0.304 e. The molecule has 0 radical (unpaired) electrons. The van der Waals surface area contributed by atoms with Gasteiger partial charge in [0.2, 0.25) is 11.8 Å². The van der Waals surface area contributed by atoms with Crippen LogP contribution in [-0.4, -0.2) is 35.3 Å². The predicted molar refractivity (Wildman–Crippen MR) is 90.1 cm³/mol. The summed E-state index contributed by atoms with van der Waals surface area (Å²) in [5.41, 5.74) is 0.566. The number of hydrogen-bond acceptors (Lipinski definition) is 3. The standard InChI is InChI=1S/C15H18ClN3O2S/c1-3-17-15(18-4-2)22-12-9-13(20)19(14(12)21)11-7-5-10(16)6-8-11/h5-8,12H,3-4,9H2,1-2H3,(H,17,18)/p+1/t12-/m1/s1. The average Bonchev–Trinajstić information content (AvgIpc) is 2.75. The van der Waals surface area contributed by atoms with Crippen LogP contribution < -0.4 is 15.2 Å². The van der Waals surface area contributed by atoms with Crippen molar-refractivity contribution in [3.63, 3.8) is 0 Å². The number of imide groups is 1. The van der Waals surface area contributed by atoms with Gasteiger partial charge in [-0.3, -0.25) is 19.9 Å². The van der Waals surface area contributed by atoms with Crippen LogP contribution in [0.3, 0.4) is 0 Å². The summed E-state index contributed by atoms with van der Waals surface area (Å²) < 4.78 is 0. The number of carbonyl (C=O) groups excluding carboxylic acids is 2. The Morgan fingerprint density at radius 2 is 2.05 bits per heavy atom. The van der Waals surface area contributed by atoms with E-state index in [0.717, 1.165) is 18.3 Å². The van der Waals surface area contributed by atoms with Gasteiger partial charge in [0.1, 0.15) is 5.25 Å². The lowest BCUT2D eigenvalue weighted by Gasteiger charge is -2.14. The molecule has 1 aliphatic rings. The molecule has 2 amide bonds. The predicted octanol–water partition coefficient (Wildman–Crippen LogP) is 0.771. The Kier molecular flexibility index (Phi) is 5.85. The van der Waals surface area contributed by atoms with Crippen molar-refractivity contribution in [3.05, 3.63) is 29.3 Å². The van der Waals surface area contributed by atoms with Crippen molar-refractivity contribution in [2.45, 2.75) is 25.5 Å². The number of carbonyl (C=O) groups is 2. The van der Waals surface area contributed by atoms with Gasteiger partial charge in [0.05, 0.1) is 18.8 Å². The van der Waals surface area contributed by atoms with E-state index in [4.69, 9.17) is 11.6 Å². The molecule has 0 saturated carbocycles. The Hall–Kier alpha value is -1.53. The zero-order valence-electron chi connectivity index (χ0n) is 12.6. The second-order valence-electron chi connectivity index (χ2n) is 4.74. The number of anilines is 1. The Morgan fingerprint density at radius 1 is 1.36 bits per heavy atom. The fourth-order valence-electron chi connectivity index (χ4n) is 2.17. The molecule has 5 nitrogen and oxygen atoms in total. The number of amides is 2. The van der Waals surface area contributed by atoms with Crippen LogP contribution in [0.5, 0.6) is 0 Å². The van der Waals surface area contributed by atoms with E-state index in [1.165, 1.54) is 16.7 Å². The van der Waals surface area contributed by atoms with Crippen LogP contribution in [0, 0.1) is 0 Å². The minimum Gasteiger partial charge on any atom is -0.274 e. The van der Waals surface area contributed by atoms with Crippen LogP contribution in [0.4, 0.5) is 5.69 Å². The van der Waals surface area contributed by atoms with Gasteiger partial charge in [-0.15, -0.1) is 0 Å². The number of amidine groups is 1. The van der Waals surface area contributed by atoms with Crippen molar-refractivity contribution in [1.82, 2.24) is 5.32 Å². The summed E-state index contributed by atoms with van der Waals surface area (Å²) in [4.78, 5) is 29.1. The van der Waals surface area contributed by atoms with Gasteiger partial charge in [-0.05, 0) is 49.9 Å². The highest BCUT2D eigenvalue weighted by Gasteiger charge is 2.41. The summed E-state index contributed by atoms with van der Waals surface area (Å²) >= 11 is 7.22. The molecule has 0 aromatic heterocycles. The second kappa shape index (κ2) is 7.65. The molecule has 1 aliphatic heterocycles. The van der Waals surface area contributed by atoms with E-state index in [1.54, 1.807) is 24.3 Å². The molecular weight excluding hydrogens is 322 g/mol. The van der Waals surface area contributed by atoms with E-state index in [-0.39, 0.29) is 18.2 Å². The van der Waals surface area contributed by atoms with Gasteiger partial charge in [0.15, 0.2) is 0 Å². The minimum atomic E-state index is -0.406. The van der Waals surface area contributed by atoms with E-state index in [1.807, 2.05) is 13.8 Å². The first kappa shape index (κ1) is 16.8. The molecule has 0 spiro atoms. The van der Waals surface area contributed by atoms with E-state index in [2.05, 4.69) is 10.3 Å². The van der Waals surface area contributed by atoms with E-state index in [0.29, 0.717) is 10.7 Å². The second-order valence-corrected chi connectivity index (χ2v) is 6.39. The van der Waals surface area contributed by atoms with Gasteiger partial charge in [-0.2, -0.15) is 0 Å². The largest absolute Gasteiger partial charge is 0.304 e. The number of nitrogens with one attached hydrogen (secondary N) is 2. The van der Waals surface area contributed by atoms with Crippen LogP contribution in [0.25, 0.3) is 0 Å². The quantitative estimate of drug-likeness (QED) is 0.483. The van der Waals surface area contributed by atoms with Crippen LogP contribution in [0.2, 0.25) is 5.02 Å². The molecule has 1 saturated heterocycles. The third-order valence-corrected chi connectivity index (χ3v) is 4.55. The molecule has 22 heavy (non-hydrogen) atoms. The molecule has 0 aliphatic carbocycles. The molecule has 1 fully saturated rings. The van der Waals surface area contributed by atoms with Gasteiger partial charge in [0.25, 0.3) is 0 Å². The van der Waals surface area contributed by atoms with Crippen LogP contribution in [0.15, 0.2) is 24.3 Å². The molecule has 0 bridgehead atoms. The molecule has 1 atom stereocenters. The lowest BCUT2D eigenvalue weighted by molar-refractivity contribution is -0.451. The normalized spacial score (nSPS) is 19.0. The van der Waals surface area contributed by atoms with Gasteiger partial charge < -0.3 is 0 Å². The Balaban J connectivity index is 2.14. The summed E-state index contributed by atoms with van der Waals surface area (Å²) in [6.07, 6.45) is 0.201. The average molecular weight is 341 g/mol. The Labute approximate surface area is 139 Å².